The molecule has 2 nitrogen and oxygen atoms in total. The molecular weight excluding hydrogens is 296 g/mol. The molecule has 2 rings (SSSR count). The van der Waals surface area contributed by atoms with Crippen molar-refractivity contribution < 1.29 is 0 Å². The summed E-state index contributed by atoms with van der Waals surface area (Å²) in [4.78, 5) is 0. The van der Waals surface area contributed by atoms with Gasteiger partial charge in [-0.05, 0) is 43.0 Å². The van der Waals surface area contributed by atoms with Crippen molar-refractivity contribution >= 4 is 34.2 Å². The third-order valence-corrected chi connectivity index (χ3v) is 4.30. The fourth-order valence-corrected chi connectivity index (χ4v) is 3.18. The van der Waals surface area contributed by atoms with Gasteiger partial charge in [0.05, 0.1) is 0 Å². The highest BCUT2D eigenvalue weighted by molar-refractivity contribution is 9.10. The smallest absolute Gasteiger partial charge is 0.0360 e. The van der Waals surface area contributed by atoms with Gasteiger partial charge in [-0.15, -0.1) is 0 Å². The highest BCUT2D eigenvalue weighted by Crippen LogP contribution is 2.24. The number of thiol groups is 1. The van der Waals surface area contributed by atoms with Crippen molar-refractivity contribution in [1.29, 1.82) is 0 Å². The summed E-state index contributed by atoms with van der Waals surface area (Å²) in [6.45, 7) is 0.844. The minimum Gasteiger partial charge on any atom is -0.398 e. The van der Waals surface area contributed by atoms with Crippen molar-refractivity contribution in [3.05, 3.63) is 28.2 Å². The van der Waals surface area contributed by atoms with Gasteiger partial charge in [0.2, 0.25) is 0 Å². The van der Waals surface area contributed by atoms with Crippen LogP contribution in [0.3, 0.4) is 0 Å². The zero-order valence-corrected chi connectivity index (χ0v) is 12.3. The van der Waals surface area contributed by atoms with E-state index in [2.05, 4.69) is 39.9 Å². The number of nitrogen functional groups attached to an aromatic ring is 1. The molecule has 0 unspecified atom stereocenters. The number of halogens is 1. The predicted octanol–water partition coefficient (Wildman–Crippen LogP) is 3.36. The zero-order chi connectivity index (χ0) is 12.3. The second kappa shape index (κ2) is 6.12. The molecule has 0 radical (unpaired) electrons. The average Bonchev–Trinajstić information content (AvgIpc) is 2.30. The predicted molar refractivity (Wildman–Crippen MR) is 80.4 cm³/mol. The Morgan fingerprint density at radius 3 is 3.00 bits per heavy atom. The lowest BCUT2D eigenvalue weighted by molar-refractivity contribution is 0.381. The molecule has 0 amide bonds. The molecule has 0 bridgehead atoms. The molecule has 0 saturated heterocycles. The van der Waals surface area contributed by atoms with Gasteiger partial charge in [-0.1, -0.05) is 22.4 Å². The lowest BCUT2D eigenvalue weighted by Gasteiger charge is -2.27. The molecule has 1 aliphatic rings. The average molecular weight is 315 g/mol. The Labute approximate surface area is 117 Å². The quantitative estimate of drug-likeness (QED) is 0.591. The van der Waals surface area contributed by atoms with E-state index in [1.165, 1.54) is 24.8 Å². The van der Waals surface area contributed by atoms with E-state index in [4.69, 9.17) is 5.73 Å². The van der Waals surface area contributed by atoms with E-state index < -0.39 is 0 Å². The third kappa shape index (κ3) is 3.90. The lowest BCUT2D eigenvalue weighted by Crippen LogP contribution is -2.34. The summed E-state index contributed by atoms with van der Waals surface area (Å²) in [7, 11) is 0. The van der Waals surface area contributed by atoms with Gasteiger partial charge in [0.1, 0.15) is 0 Å². The molecule has 1 fully saturated rings. The van der Waals surface area contributed by atoms with Crippen LogP contribution in [0.5, 0.6) is 0 Å². The molecular formula is C13H19BrN2S. The summed E-state index contributed by atoms with van der Waals surface area (Å²) < 4.78 is 1.08. The van der Waals surface area contributed by atoms with E-state index in [9.17, 15) is 0 Å². The van der Waals surface area contributed by atoms with Crippen molar-refractivity contribution in [1.82, 2.24) is 5.32 Å². The Bertz CT molecular complexity index is 384. The molecule has 2 atom stereocenters. The van der Waals surface area contributed by atoms with Gasteiger partial charge in [-0.2, -0.15) is 12.6 Å². The summed E-state index contributed by atoms with van der Waals surface area (Å²) in [5.41, 5.74) is 7.98. The minimum atomic E-state index is 0.557. The fourth-order valence-electron chi connectivity index (χ4n) is 2.33. The van der Waals surface area contributed by atoms with Crippen LogP contribution in [0.1, 0.15) is 31.2 Å². The Balaban J connectivity index is 1.90. The Morgan fingerprint density at radius 2 is 2.24 bits per heavy atom. The standard InChI is InChI=1S/C13H19BrN2S/c14-10-4-5-13(15)9(6-10)8-16-11-2-1-3-12(17)7-11/h4-6,11-12,16-17H,1-3,7-8,15H2/t11-,12+/m1/s1. The van der Waals surface area contributed by atoms with Crippen LogP contribution in [0.25, 0.3) is 0 Å². The second-order valence-electron chi connectivity index (χ2n) is 4.74. The molecule has 1 aromatic rings. The molecule has 94 valence electrons. The molecule has 1 saturated carbocycles. The molecule has 0 aromatic heterocycles. The summed E-state index contributed by atoms with van der Waals surface area (Å²) in [6.07, 6.45) is 4.95. The van der Waals surface area contributed by atoms with Crippen molar-refractivity contribution in [3.63, 3.8) is 0 Å². The van der Waals surface area contributed by atoms with Crippen LogP contribution in [0.4, 0.5) is 5.69 Å². The molecule has 17 heavy (non-hydrogen) atoms. The maximum atomic E-state index is 5.96. The third-order valence-electron chi connectivity index (χ3n) is 3.33. The van der Waals surface area contributed by atoms with Crippen LogP contribution in [0.2, 0.25) is 0 Å². The molecule has 0 aliphatic heterocycles. The number of anilines is 1. The summed E-state index contributed by atoms with van der Waals surface area (Å²) in [6, 6.07) is 6.60. The van der Waals surface area contributed by atoms with Gasteiger partial charge < -0.3 is 11.1 Å². The van der Waals surface area contributed by atoms with E-state index in [-0.39, 0.29) is 0 Å². The SMILES string of the molecule is Nc1ccc(Br)cc1CN[C@@H]1CCC[C@H](S)C1. The van der Waals surface area contributed by atoms with Crippen LogP contribution >= 0.6 is 28.6 Å². The van der Waals surface area contributed by atoms with E-state index in [0.717, 1.165) is 23.1 Å². The van der Waals surface area contributed by atoms with Gasteiger partial charge in [0.15, 0.2) is 0 Å². The van der Waals surface area contributed by atoms with E-state index in [0.29, 0.717) is 11.3 Å². The number of hydrogen-bond donors (Lipinski definition) is 3. The number of benzene rings is 1. The van der Waals surface area contributed by atoms with Gasteiger partial charge in [-0.3, -0.25) is 0 Å². The Morgan fingerprint density at radius 1 is 1.41 bits per heavy atom. The van der Waals surface area contributed by atoms with Gasteiger partial charge >= 0.3 is 0 Å². The summed E-state index contributed by atoms with van der Waals surface area (Å²) in [5, 5.41) is 4.14. The van der Waals surface area contributed by atoms with Crippen LogP contribution in [-0.4, -0.2) is 11.3 Å². The molecule has 0 spiro atoms. The molecule has 1 aliphatic carbocycles. The summed E-state index contributed by atoms with van der Waals surface area (Å²) in [5.74, 6) is 0. The van der Waals surface area contributed by atoms with Crippen molar-refractivity contribution in [2.75, 3.05) is 5.73 Å². The van der Waals surface area contributed by atoms with Crippen LogP contribution in [-0.2, 0) is 6.54 Å². The Kier molecular flexibility index (Phi) is 4.77. The number of hydrogen-bond acceptors (Lipinski definition) is 3. The van der Waals surface area contributed by atoms with Crippen LogP contribution in [0, 0.1) is 0 Å². The van der Waals surface area contributed by atoms with E-state index in [1.807, 2.05) is 12.1 Å². The maximum absolute atomic E-state index is 5.96. The molecule has 3 N–H and O–H groups in total. The van der Waals surface area contributed by atoms with Gasteiger partial charge in [-0.25, -0.2) is 0 Å². The highest BCUT2D eigenvalue weighted by atomic mass is 79.9. The first-order valence-corrected chi connectivity index (χ1v) is 7.41. The topological polar surface area (TPSA) is 38.0 Å². The van der Waals surface area contributed by atoms with E-state index in [1.54, 1.807) is 0 Å². The fraction of sp³-hybridized carbons (Fsp3) is 0.538. The van der Waals surface area contributed by atoms with Crippen LogP contribution < -0.4 is 11.1 Å². The highest BCUT2D eigenvalue weighted by Gasteiger charge is 2.18. The van der Waals surface area contributed by atoms with Gasteiger partial charge in [0.25, 0.3) is 0 Å². The number of nitrogens with one attached hydrogen (secondary N) is 1. The maximum Gasteiger partial charge on any atom is 0.0360 e. The first-order chi connectivity index (χ1) is 8.15. The number of nitrogens with two attached hydrogens (primary N) is 1. The second-order valence-corrected chi connectivity index (χ2v) is 6.39. The Hall–Kier alpha value is -0.190. The first kappa shape index (κ1) is 13.2. The van der Waals surface area contributed by atoms with Crippen LogP contribution in [0.15, 0.2) is 22.7 Å². The number of rotatable bonds is 3. The molecule has 4 heteroatoms. The van der Waals surface area contributed by atoms with E-state index >= 15 is 0 Å². The zero-order valence-electron chi connectivity index (χ0n) is 9.82. The first-order valence-electron chi connectivity index (χ1n) is 6.10. The van der Waals surface area contributed by atoms with Crippen molar-refractivity contribution in [2.24, 2.45) is 0 Å². The van der Waals surface area contributed by atoms with Gasteiger partial charge in [0, 0.05) is 28.0 Å². The largest absolute Gasteiger partial charge is 0.398 e. The molecule has 1 aromatic carbocycles. The normalized spacial score (nSPS) is 24.8. The summed E-state index contributed by atoms with van der Waals surface area (Å²) >= 11 is 8.04. The monoisotopic (exact) mass is 314 g/mol. The molecule has 0 heterocycles. The lowest BCUT2D eigenvalue weighted by atomic mass is 9.95. The van der Waals surface area contributed by atoms with Crippen molar-refractivity contribution in [2.45, 2.75) is 43.5 Å². The van der Waals surface area contributed by atoms with Crippen molar-refractivity contribution in [3.8, 4) is 0 Å². The minimum absolute atomic E-state index is 0.557.